The fraction of sp³-hybridized carbons (Fsp3) is 0.700. The minimum atomic E-state index is -0.573. The summed E-state index contributed by atoms with van der Waals surface area (Å²) >= 11 is 0. The van der Waals surface area contributed by atoms with Gasteiger partial charge in [0, 0.05) is 18.1 Å². The lowest BCUT2D eigenvalue weighted by atomic mass is 9.65. The SMILES string of the molecule is CCCCC1(CCCC)CCCOC1(OC)c1ccccc1. The van der Waals surface area contributed by atoms with E-state index in [1.54, 1.807) is 0 Å². The van der Waals surface area contributed by atoms with Crippen molar-refractivity contribution in [2.45, 2.75) is 71.0 Å². The molecule has 1 aliphatic heterocycles. The predicted octanol–water partition coefficient (Wildman–Crippen LogP) is 5.66. The highest BCUT2D eigenvalue weighted by Gasteiger charge is 2.54. The Bertz CT molecular complexity index is 421. The number of benzene rings is 1. The first-order chi connectivity index (χ1) is 10.7. The zero-order valence-electron chi connectivity index (χ0n) is 14.6. The average Bonchev–Trinajstić information content (AvgIpc) is 2.59. The van der Waals surface area contributed by atoms with Crippen LogP contribution in [0.25, 0.3) is 0 Å². The van der Waals surface area contributed by atoms with Gasteiger partial charge in [-0.3, -0.25) is 0 Å². The van der Waals surface area contributed by atoms with Crippen molar-refractivity contribution < 1.29 is 9.47 Å². The number of rotatable bonds is 8. The van der Waals surface area contributed by atoms with Gasteiger partial charge in [-0.15, -0.1) is 0 Å². The van der Waals surface area contributed by atoms with Gasteiger partial charge in [-0.25, -0.2) is 0 Å². The van der Waals surface area contributed by atoms with Crippen LogP contribution in [0, 0.1) is 5.41 Å². The molecule has 0 spiro atoms. The van der Waals surface area contributed by atoms with Gasteiger partial charge in [0.25, 0.3) is 0 Å². The highest BCUT2D eigenvalue weighted by atomic mass is 16.7. The molecule has 124 valence electrons. The highest BCUT2D eigenvalue weighted by Crippen LogP contribution is 2.55. The summed E-state index contributed by atoms with van der Waals surface area (Å²) in [7, 11) is 1.82. The molecule has 0 saturated carbocycles. The second-order valence-corrected chi connectivity index (χ2v) is 6.63. The van der Waals surface area contributed by atoms with E-state index in [0.29, 0.717) is 0 Å². The molecule has 0 amide bonds. The second kappa shape index (κ2) is 8.12. The molecule has 2 nitrogen and oxygen atoms in total. The molecule has 1 heterocycles. The lowest BCUT2D eigenvalue weighted by Gasteiger charge is -2.53. The molecule has 1 atom stereocenters. The minimum Gasteiger partial charge on any atom is -0.349 e. The van der Waals surface area contributed by atoms with Crippen molar-refractivity contribution in [3.63, 3.8) is 0 Å². The third-order valence-electron chi connectivity index (χ3n) is 5.26. The fourth-order valence-corrected chi connectivity index (χ4v) is 4.12. The maximum absolute atomic E-state index is 6.39. The van der Waals surface area contributed by atoms with E-state index in [1.807, 2.05) is 7.11 Å². The summed E-state index contributed by atoms with van der Waals surface area (Å²) in [6.07, 6.45) is 9.65. The molecule has 1 aromatic rings. The van der Waals surface area contributed by atoms with Gasteiger partial charge < -0.3 is 9.47 Å². The summed E-state index contributed by atoms with van der Waals surface area (Å²) in [4.78, 5) is 0. The van der Waals surface area contributed by atoms with Gasteiger partial charge >= 0.3 is 0 Å². The van der Waals surface area contributed by atoms with Crippen LogP contribution < -0.4 is 0 Å². The topological polar surface area (TPSA) is 18.5 Å². The van der Waals surface area contributed by atoms with E-state index in [-0.39, 0.29) is 5.41 Å². The van der Waals surface area contributed by atoms with Crippen LogP contribution in [0.2, 0.25) is 0 Å². The van der Waals surface area contributed by atoms with Crippen molar-refractivity contribution in [2.75, 3.05) is 13.7 Å². The van der Waals surface area contributed by atoms with Crippen molar-refractivity contribution in [3.05, 3.63) is 35.9 Å². The van der Waals surface area contributed by atoms with Gasteiger partial charge in [0.2, 0.25) is 0 Å². The van der Waals surface area contributed by atoms with Gasteiger partial charge in [0.05, 0.1) is 6.61 Å². The lowest BCUT2D eigenvalue weighted by Crippen LogP contribution is -2.52. The molecule has 2 heteroatoms. The van der Waals surface area contributed by atoms with Gasteiger partial charge in [0.1, 0.15) is 0 Å². The smallest absolute Gasteiger partial charge is 0.200 e. The van der Waals surface area contributed by atoms with Gasteiger partial charge in [0.15, 0.2) is 5.79 Å². The number of unbranched alkanes of at least 4 members (excludes halogenated alkanes) is 2. The molecule has 1 aliphatic rings. The summed E-state index contributed by atoms with van der Waals surface area (Å²) < 4.78 is 12.5. The zero-order valence-corrected chi connectivity index (χ0v) is 14.6. The Kier molecular flexibility index (Phi) is 6.46. The van der Waals surface area contributed by atoms with Crippen molar-refractivity contribution in [1.29, 1.82) is 0 Å². The van der Waals surface area contributed by atoms with Crippen molar-refractivity contribution in [2.24, 2.45) is 5.41 Å². The number of hydrogen-bond acceptors (Lipinski definition) is 2. The van der Waals surface area contributed by atoms with Crippen LogP contribution >= 0.6 is 0 Å². The molecule has 1 unspecified atom stereocenters. The van der Waals surface area contributed by atoms with Crippen LogP contribution in [0.1, 0.15) is 70.8 Å². The lowest BCUT2D eigenvalue weighted by molar-refractivity contribution is -0.325. The van der Waals surface area contributed by atoms with E-state index < -0.39 is 5.79 Å². The Balaban J connectivity index is 2.44. The van der Waals surface area contributed by atoms with Crippen molar-refractivity contribution in [3.8, 4) is 0 Å². The Hall–Kier alpha value is -0.860. The highest BCUT2D eigenvalue weighted by molar-refractivity contribution is 5.24. The van der Waals surface area contributed by atoms with Crippen LogP contribution in [0.3, 0.4) is 0 Å². The van der Waals surface area contributed by atoms with Crippen LogP contribution in [0.4, 0.5) is 0 Å². The van der Waals surface area contributed by atoms with E-state index in [1.165, 1.54) is 50.5 Å². The number of hydrogen-bond donors (Lipinski definition) is 0. The van der Waals surface area contributed by atoms with Gasteiger partial charge in [-0.05, 0) is 25.7 Å². The van der Waals surface area contributed by atoms with Crippen LogP contribution in [0.15, 0.2) is 30.3 Å². The largest absolute Gasteiger partial charge is 0.349 e. The molecule has 0 aromatic heterocycles. The third kappa shape index (κ3) is 3.23. The third-order valence-corrected chi connectivity index (χ3v) is 5.26. The van der Waals surface area contributed by atoms with Crippen LogP contribution in [0.5, 0.6) is 0 Å². The molecular weight excluding hydrogens is 272 g/mol. The van der Waals surface area contributed by atoms with Gasteiger partial charge in [-0.2, -0.15) is 0 Å². The van der Waals surface area contributed by atoms with Crippen LogP contribution in [-0.4, -0.2) is 13.7 Å². The normalized spacial score (nSPS) is 24.3. The quantitative estimate of drug-likeness (QED) is 0.616. The van der Waals surface area contributed by atoms with E-state index in [2.05, 4.69) is 44.2 Å². The fourth-order valence-electron chi connectivity index (χ4n) is 4.12. The Labute approximate surface area is 136 Å². The zero-order chi connectivity index (χ0) is 15.9. The van der Waals surface area contributed by atoms with Crippen molar-refractivity contribution in [1.82, 2.24) is 0 Å². The van der Waals surface area contributed by atoms with Crippen molar-refractivity contribution >= 4 is 0 Å². The maximum atomic E-state index is 6.39. The molecule has 0 N–H and O–H groups in total. The molecular formula is C20H32O2. The second-order valence-electron chi connectivity index (χ2n) is 6.63. The number of ether oxygens (including phenoxy) is 2. The summed E-state index contributed by atoms with van der Waals surface area (Å²) in [5.41, 5.74) is 1.29. The summed E-state index contributed by atoms with van der Waals surface area (Å²) in [5, 5.41) is 0. The van der Waals surface area contributed by atoms with E-state index in [4.69, 9.17) is 9.47 Å². The van der Waals surface area contributed by atoms with E-state index in [0.717, 1.165) is 13.0 Å². The minimum absolute atomic E-state index is 0.105. The molecule has 1 saturated heterocycles. The Morgan fingerprint density at radius 1 is 1.05 bits per heavy atom. The molecule has 0 aliphatic carbocycles. The summed E-state index contributed by atoms with van der Waals surface area (Å²) in [6, 6.07) is 10.6. The predicted molar refractivity (Wildman–Crippen MR) is 91.8 cm³/mol. The van der Waals surface area contributed by atoms with E-state index in [9.17, 15) is 0 Å². The molecule has 1 aromatic carbocycles. The molecule has 22 heavy (non-hydrogen) atoms. The maximum Gasteiger partial charge on any atom is 0.200 e. The van der Waals surface area contributed by atoms with E-state index >= 15 is 0 Å². The summed E-state index contributed by atoms with van der Waals surface area (Å²) in [5.74, 6) is -0.573. The Morgan fingerprint density at radius 2 is 1.68 bits per heavy atom. The average molecular weight is 304 g/mol. The van der Waals surface area contributed by atoms with Gasteiger partial charge in [-0.1, -0.05) is 69.9 Å². The first-order valence-corrected chi connectivity index (χ1v) is 8.99. The molecule has 1 fully saturated rings. The molecule has 2 rings (SSSR count). The Morgan fingerprint density at radius 3 is 2.23 bits per heavy atom. The molecule has 0 radical (unpaired) electrons. The number of methoxy groups -OCH3 is 1. The monoisotopic (exact) mass is 304 g/mol. The van der Waals surface area contributed by atoms with Crippen LogP contribution in [-0.2, 0) is 15.3 Å². The molecule has 0 bridgehead atoms. The summed E-state index contributed by atoms with van der Waals surface area (Å²) in [6.45, 7) is 5.34. The standard InChI is InChI=1S/C20H32O2/c1-4-6-14-19(15-7-5-2)16-11-17-22-20(19,21-3)18-12-9-8-10-13-18/h8-10,12-13H,4-7,11,14-17H2,1-3H3. The first-order valence-electron chi connectivity index (χ1n) is 8.99. The first kappa shape index (κ1) is 17.5.